The second-order valence-corrected chi connectivity index (χ2v) is 2.74. The van der Waals surface area contributed by atoms with E-state index in [1.165, 1.54) is 19.2 Å². The molecule has 1 aliphatic rings. The number of rotatable bonds is 3. The average molecular weight is 212 g/mol. The molecule has 1 rings (SSSR count). The number of hydrogen-bond acceptors (Lipinski definition) is 7. The van der Waals surface area contributed by atoms with E-state index in [0.29, 0.717) is 0 Å². The lowest BCUT2D eigenvalue weighted by Crippen LogP contribution is -2.37. The van der Waals surface area contributed by atoms with E-state index in [1.807, 2.05) is 0 Å². The van der Waals surface area contributed by atoms with Gasteiger partial charge in [-0.1, -0.05) is 6.58 Å². The number of hydrazone groups is 1. The van der Waals surface area contributed by atoms with Crippen molar-refractivity contribution in [1.82, 2.24) is 5.01 Å². The molecule has 82 valence electrons. The van der Waals surface area contributed by atoms with Crippen molar-refractivity contribution in [3.05, 3.63) is 12.3 Å². The fourth-order valence-corrected chi connectivity index (χ4v) is 0.916. The van der Waals surface area contributed by atoms with Crippen LogP contribution in [0.1, 0.15) is 0 Å². The zero-order valence-electron chi connectivity index (χ0n) is 8.80. The average Bonchev–Trinajstić information content (AvgIpc) is 2.26. The molecule has 0 radical (unpaired) electrons. The Morgan fingerprint density at radius 2 is 2.13 bits per heavy atom. The van der Waals surface area contributed by atoms with Gasteiger partial charge in [0.2, 0.25) is 5.84 Å². The fraction of sp³-hybridized carbons (Fsp3) is 0.500. The molecule has 1 atom stereocenters. The molecule has 0 aromatic carbocycles. The predicted molar refractivity (Wildman–Crippen MR) is 52.0 cm³/mol. The molecule has 0 saturated heterocycles. The summed E-state index contributed by atoms with van der Waals surface area (Å²) in [5, 5.41) is 12.7. The van der Waals surface area contributed by atoms with E-state index in [9.17, 15) is 4.79 Å². The first-order valence-electron chi connectivity index (χ1n) is 4.13. The second kappa shape index (κ2) is 4.54. The van der Waals surface area contributed by atoms with Crippen LogP contribution in [0, 0.1) is 0 Å². The maximum absolute atomic E-state index is 11.2. The summed E-state index contributed by atoms with van der Waals surface area (Å²) >= 11 is 0. The van der Waals surface area contributed by atoms with E-state index >= 15 is 0 Å². The number of amidine groups is 1. The number of ether oxygens (including phenoxy) is 2. The van der Waals surface area contributed by atoms with Gasteiger partial charge < -0.3 is 9.47 Å². The second-order valence-electron chi connectivity index (χ2n) is 2.74. The smallest absolute Gasteiger partial charge is 0.354 e. The van der Waals surface area contributed by atoms with Crippen molar-refractivity contribution in [1.29, 1.82) is 0 Å². The van der Waals surface area contributed by atoms with E-state index in [2.05, 4.69) is 26.6 Å². The van der Waals surface area contributed by atoms with Gasteiger partial charge in [0, 0.05) is 7.05 Å². The molecule has 1 heterocycles. The molecule has 7 heteroatoms. The third kappa shape index (κ3) is 2.30. The minimum absolute atomic E-state index is 0.236. The first kappa shape index (κ1) is 11.2. The Morgan fingerprint density at radius 1 is 1.47 bits per heavy atom. The minimum atomic E-state index is -0.844. The van der Waals surface area contributed by atoms with Crippen LogP contribution in [0.15, 0.2) is 27.7 Å². The third-order valence-corrected chi connectivity index (χ3v) is 1.78. The summed E-state index contributed by atoms with van der Waals surface area (Å²) in [5.41, 5.74) is 0. The Hall–Kier alpha value is -1.92. The summed E-state index contributed by atoms with van der Waals surface area (Å²) < 4.78 is 9.36. The van der Waals surface area contributed by atoms with Gasteiger partial charge in [0.1, 0.15) is 0 Å². The number of likely N-dealkylation sites (N-methyl/N-ethyl adjacent to an activating group) is 1. The summed E-state index contributed by atoms with van der Waals surface area (Å²) in [6.07, 6.45) is -0.844. The summed E-state index contributed by atoms with van der Waals surface area (Å²) in [6.45, 7) is 3.57. The van der Waals surface area contributed by atoms with Gasteiger partial charge in [-0.25, -0.2) is 4.79 Å². The normalized spacial score (nSPS) is 19.5. The molecule has 7 nitrogen and oxygen atoms in total. The molecular formula is C8H12N4O3. The summed E-state index contributed by atoms with van der Waals surface area (Å²) in [7, 11) is 4.31. The molecular weight excluding hydrogens is 200 g/mol. The minimum Gasteiger partial charge on any atom is -0.493 e. The Morgan fingerprint density at radius 3 is 2.60 bits per heavy atom. The Bertz CT molecular complexity index is 337. The lowest BCUT2D eigenvalue weighted by atomic mass is 10.4. The SMILES string of the molecule is C=C(OC)C1=NN(C)C(C(=O)OC)N=N1. The van der Waals surface area contributed by atoms with Crippen LogP contribution in [0.25, 0.3) is 0 Å². The molecule has 15 heavy (non-hydrogen) atoms. The largest absolute Gasteiger partial charge is 0.493 e. The van der Waals surface area contributed by atoms with Crippen LogP contribution in [0.4, 0.5) is 0 Å². The van der Waals surface area contributed by atoms with Gasteiger partial charge >= 0.3 is 5.97 Å². The van der Waals surface area contributed by atoms with E-state index in [0.717, 1.165) is 0 Å². The summed E-state index contributed by atoms with van der Waals surface area (Å²) in [4.78, 5) is 11.2. The van der Waals surface area contributed by atoms with Crippen LogP contribution in [0.2, 0.25) is 0 Å². The van der Waals surface area contributed by atoms with Crippen molar-refractivity contribution in [2.45, 2.75) is 6.17 Å². The lowest BCUT2D eigenvalue weighted by molar-refractivity contribution is -0.146. The molecule has 1 unspecified atom stereocenters. The fourth-order valence-electron chi connectivity index (χ4n) is 0.916. The lowest BCUT2D eigenvalue weighted by Gasteiger charge is -2.22. The monoisotopic (exact) mass is 212 g/mol. The van der Waals surface area contributed by atoms with Gasteiger partial charge in [-0.05, 0) is 0 Å². The summed E-state index contributed by atoms with van der Waals surface area (Å²) in [6, 6.07) is 0. The molecule has 0 aromatic heterocycles. The van der Waals surface area contributed by atoms with E-state index in [4.69, 9.17) is 4.74 Å². The molecule has 0 saturated carbocycles. The highest BCUT2D eigenvalue weighted by Crippen LogP contribution is 2.12. The number of esters is 1. The molecule has 0 N–H and O–H groups in total. The number of azo groups is 1. The zero-order valence-corrected chi connectivity index (χ0v) is 8.80. The van der Waals surface area contributed by atoms with Gasteiger partial charge in [0.05, 0.1) is 14.2 Å². The molecule has 0 fully saturated rings. The number of hydrogen-bond donors (Lipinski definition) is 0. The highest BCUT2D eigenvalue weighted by molar-refractivity contribution is 5.96. The highest BCUT2D eigenvalue weighted by atomic mass is 16.5. The third-order valence-electron chi connectivity index (χ3n) is 1.78. The van der Waals surface area contributed by atoms with Gasteiger partial charge in [0.25, 0.3) is 6.17 Å². The maximum atomic E-state index is 11.2. The number of nitrogens with zero attached hydrogens (tertiary/aromatic N) is 4. The highest BCUT2D eigenvalue weighted by Gasteiger charge is 2.27. The van der Waals surface area contributed by atoms with E-state index in [-0.39, 0.29) is 11.6 Å². The van der Waals surface area contributed by atoms with Crippen LogP contribution in [-0.2, 0) is 14.3 Å². The molecule has 0 amide bonds. The van der Waals surface area contributed by atoms with Gasteiger partial charge in [0.15, 0.2) is 5.76 Å². The molecule has 0 aromatic rings. The topological polar surface area (TPSA) is 75.8 Å². The Kier molecular flexibility index (Phi) is 3.37. The van der Waals surface area contributed by atoms with Crippen molar-refractivity contribution >= 4 is 11.8 Å². The van der Waals surface area contributed by atoms with Crippen LogP contribution in [-0.4, -0.2) is 44.2 Å². The van der Waals surface area contributed by atoms with Crippen LogP contribution in [0.3, 0.4) is 0 Å². The van der Waals surface area contributed by atoms with Crippen LogP contribution in [0.5, 0.6) is 0 Å². The molecule has 0 aliphatic carbocycles. The number of carbonyl (C=O) groups excluding carboxylic acids is 1. The maximum Gasteiger partial charge on any atom is 0.354 e. The molecule has 0 spiro atoms. The quantitative estimate of drug-likeness (QED) is 0.500. The summed E-state index contributed by atoms with van der Waals surface area (Å²) in [5.74, 6) is 0.00106. The van der Waals surface area contributed by atoms with Gasteiger partial charge in [-0.2, -0.15) is 0 Å². The first-order chi connectivity index (χ1) is 7.10. The zero-order chi connectivity index (χ0) is 11.4. The Labute approximate surface area is 87.1 Å². The van der Waals surface area contributed by atoms with E-state index in [1.54, 1.807) is 7.05 Å². The van der Waals surface area contributed by atoms with E-state index < -0.39 is 12.1 Å². The predicted octanol–water partition coefficient (Wildman–Crippen LogP) is 0.357. The van der Waals surface area contributed by atoms with Crippen molar-refractivity contribution in [3.8, 4) is 0 Å². The van der Waals surface area contributed by atoms with Crippen molar-refractivity contribution in [2.24, 2.45) is 15.3 Å². The first-order valence-corrected chi connectivity index (χ1v) is 4.13. The number of carbonyl (C=O) groups is 1. The van der Waals surface area contributed by atoms with Crippen LogP contribution < -0.4 is 0 Å². The molecule has 1 aliphatic heterocycles. The Balaban J connectivity index is 2.79. The van der Waals surface area contributed by atoms with Gasteiger partial charge in [-0.15, -0.1) is 15.3 Å². The van der Waals surface area contributed by atoms with Crippen molar-refractivity contribution < 1.29 is 14.3 Å². The standard InChI is InChI=1S/C8H12N4O3/c1-5(14-3)6-9-10-7(8(13)15-4)12(2)11-6/h7H,1H2,2-4H3. The van der Waals surface area contributed by atoms with Crippen LogP contribution >= 0.6 is 0 Å². The van der Waals surface area contributed by atoms with Crippen molar-refractivity contribution in [3.63, 3.8) is 0 Å². The van der Waals surface area contributed by atoms with Crippen molar-refractivity contribution in [2.75, 3.05) is 21.3 Å². The number of methoxy groups -OCH3 is 2. The van der Waals surface area contributed by atoms with Gasteiger partial charge in [-0.3, -0.25) is 5.01 Å². The molecule has 0 bridgehead atoms.